The zero-order valence-corrected chi connectivity index (χ0v) is 14.7. The molecule has 1 aromatic rings. The Kier molecular flexibility index (Phi) is 5.29. The number of sulfonamides is 1. The third-order valence-corrected chi connectivity index (χ3v) is 6.44. The maximum Gasteiger partial charge on any atom is 0.243 e. The molecule has 0 aliphatic carbocycles. The summed E-state index contributed by atoms with van der Waals surface area (Å²) in [5.74, 6) is 0.725. The predicted octanol–water partition coefficient (Wildman–Crippen LogP) is 2.21. The van der Waals surface area contributed by atoms with Gasteiger partial charge in [-0.15, -0.1) is 0 Å². The van der Waals surface area contributed by atoms with Crippen LogP contribution in [0, 0.1) is 5.92 Å². The van der Waals surface area contributed by atoms with E-state index in [1.54, 1.807) is 18.2 Å². The molecule has 0 amide bonds. The summed E-state index contributed by atoms with van der Waals surface area (Å²) in [6.07, 6.45) is 1.83. The number of ether oxygens (including phenoxy) is 1. The van der Waals surface area contributed by atoms with Crippen LogP contribution in [0.2, 0.25) is 0 Å². The van der Waals surface area contributed by atoms with E-state index in [1.165, 1.54) is 11.4 Å². The minimum atomic E-state index is -3.50. The maximum atomic E-state index is 12.7. The molecule has 118 valence electrons. The van der Waals surface area contributed by atoms with Crippen molar-refractivity contribution in [3.05, 3.63) is 22.7 Å². The van der Waals surface area contributed by atoms with E-state index < -0.39 is 10.0 Å². The molecule has 2 rings (SSSR count). The van der Waals surface area contributed by atoms with Crippen LogP contribution in [0.4, 0.5) is 0 Å². The van der Waals surface area contributed by atoms with Crippen LogP contribution in [-0.2, 0) is 10.0 Å². The van der Waals surface area contributed by atoms with Crippen molar-refractivity contribution in [2.45, 2.75) is 30.7 Å². The molecule has 7 heteroatoms. The molecule has 0 unspecified atom stereocenters. The number of halogens is 1. The Balaban J connectivity index is 2.29. The molecule has 0 saturated carbocycles. The second-order valence-corrected chi connectivity index (χ2v) is 8.21. The van der Waals surface area contributed by atoms with E-state index in [0.29, 0.717) is 18.8 Å². The highest BCUT2D eigenvalue weighted by Gasteiger charge is 2.31. The van der Waals surface area contributed by atoms with Crippen LogP contribution in [0.3, 0.4) is 0 Å². The van der Waals surface area contributed by atoms with E-state index in [4.69, 9.17) is 10.5 Å². The van der Waals surface area contributed by atoms with Gasteiger partial charge in [-0.05, 0) is 53.7 Å². The van der Waals surface area contributed by atoms with Crippen molar-refractivity contribution in [3.8, 4) is 5.75 Å². The number of nitrogens with two attached hydrogens (primary N) is 1. The molecule has 1 saturated heterocycles. The summed E-state index contributed by atoms with van der Waals surface area (Å²) in [7, 11) is -1.98. The summed E-state index contributed by atoms with van der Waals surface area (Å²) in [5, 5.41) is 0. The minimum Gasteiger partial charge on any atom is -0.496 e. The van der Waals surface area contributed by atoms with E-state index in [9.17, 15) is 8.42 Å². The number of rotatable bonds is 4. The van der Waals surface area contributed by atoms with E-state index in [0.717, 1.165) is 17.3 Å². The first-order valence-electron chi connectivity index (χ1n) is 6.95. The fourth-order valence-electron chi connectivity index (χ4n) is 2.57. The molecule has 0 aromatic heterocycles. The lowest BCUT2D eigenvalue weighted by Crippen LogP contribution is -2.44. The molecule has 2 N–H and O–H groups in total. The van der Waals surface area contributed by atoms with Gasteiger partial charge in [-0.3, -0.25) is 0 Å². The largest absolute Gasteiger partial charge is 0.496 e. The molecule has 0 bridgehead atoms. The molecule has 21 heavy (non-hydrogen) atoms. The molecule has 1 heterocycles. The van der Waals surface area contributed by atoms with Gasteiger partial charge in [0, 0.05) is 25.2 Å². The summed E-state index contributed by atoms with van der Waals surface area (Å²) in [6.45, 7) is 2.96. The molecule has 1 fully saturated rings. The van der Waals surface area contributed by atoms with Crippen LogP contribution >= 0.6 is 15.9 Å². The monoisotopic (exact) mass is 376 g/mol. The zero-order valence-electron chi connectivity index (χ0n) is 12.3. The van der Waals surface area contributed by atoms with Crippen LogP contribution in [0.5, 0.6) is 5.75 Å². The lowest BCUT2D eigenvalue weighted by atomic mass is 9.93. The maximum absolute atomic E-state index is 12.7. The number of hydrogen-bond acceptors (Lipinski definition) is 4. The van der Waals surface area contributed by atoms with Crippen molar-refractivity contribution < 1.29 is 13.2 Å². The molecule has 1 aliphatic heterocycles. The number of piperidine rings is 1. The van der Waals surface area contributed by atoms with Crippen LogP contribution in [0.15, 0.2) is 27.6 Å². The van der Waals surface area contributed by atoms with Crippen LogP contribution < -0.4 is 10.5 Å². The molecule has 1 aromatic carbocycles. The van der Waals surface area contributed by atoms with Gasteiger partial charge in [-0.25, -0.2) is 8.42 Å². The average Bonchev–Trinajstić information content (AvgIpc) is 2.47. The second-order valence-electron chi connectivity index (χ2n) is 5.42. The fourth-order valence-corrected chi connectivity index (χ4v) is 4.53. The highest BCUT2D eigenvalue weighted by molar-refractivity contribution is 9.10. The quantitative estimate of drug-likeness (QED) is 0.873. The van der Waals surface area contributed by atoms with Gasteiger partial charge >= 0.3 is 0 Å². The Labute approximate surface area is 134 Å². The van der Waals surface area contributed by atoms with E-state index in [1.807, 2.05) is 6.92 Å². The zero-order chi connectivity index (χ0) is 15.6. The van der Waals surface area contributed by atoms with Crippen molar-refractivity contribution in [1.29, 1.82) is 0 Å². The molecular weight excluding hydrogens is 356 g/mol. The summed E-state index contributed by atoms with van der Waals surface area (Å²) in [6, 6.07) is 4.84. The van der Waals surface area contributed by atoms with Gasteiger partial charge < -0.3 is 10.5 Å². The molecule has 5 nitrogen and oxygen atoms in total. The Morgan fingerprint density at radius 1 is 1.48 bits per heavy atom. The summed E-state index contributed by atoms with van der Waals surface area (Å²) < 4.78 is 32.9. The Morgan fingerprint density at radius 2 is 2.19 bits per heavy atom. The average molecular weight is 377 g/mol. The van der Waals surface area contributed by atoms with Gasteiger partial charge in [0.05, 0.1) is 16.5 Å². The van der Waals surface area contributed by atoms with E-state index in [-0.39, 0.29) is 16.9 Å². The number of hydrogen-bond donors (Lipinski definition) is 1. The molecule has 2 atom stereocenters. The predicted molar refractivity (Wildman–Crippen MR) is 85.8 cm³/mol. The fraction of sp³-hybridized carbons (Fsp3) is 0.571. The Hall–Kier alpha value is -0.630. The summed E-state index contributed by atoms with van der Waals surface area (Å²) in [5.41, 5.74) is 5.93. The summed E-state index contributed by atoms with van der Waals surface area (Å²) >= 11 is 3.33. The number of methoxy groups -OCH3 is 1. The molecular formula is C14H21BrN2O3S. The number of nitrogens with zero attached hydrogens (tertiary/aromatic N) is 1. The number of benzene rings is 1. The van der Waals surface area contributed by atoms with Gasteiger partial charge in [0.2, 0.25) is 10.0 Å². The highest BCUT2D eigenvalue weighted by atomic mass is 79.9. The Bertz CT molecular complexity index is 604. The summed E-state index contributed by atoms with van der Waals surface area (Å²) in [4.78, 5) is 0.257. The van der Waals surface area contributed by atoms with Crippen molar-refractivity contribution in [2.24, 2.45) is 11.7 Å². The van der Waals surface area contributed by atoms with Gasteiger partial charge in [0.25, 0.3) is 0 Å². The first-order chi connectivity index (χ1) is 9.86. The molecule has 0 radical (unpaired) electrons. The van der Waals surface area contributed by atoms with Gasteiger partial charge in [-0.2, -0.15) is 4.31 Å². The lowest BCUT2D eigenvalue weighted by molar-refractivity contribution is 0.243. The topological polar surface area (TPSA) is 72.6 Å². The van der Waals surface area contributed by atoms with Crippen LogP contribution in [0.25, 0.3) is 0 Å². The smallest absolute Gasteiger partial charge is 0.243 e. The van der Waals surface area contributed by atoms with Crippen molar-refractivity contribution >= 4 is 26.0 Å². The first kappa shape index (κ1) is 16.7. The van der Waals surface area contributed by atoms with Gasteiger partial charge in [0.1, 0.15) is 5.75 Å². The first-order valence-corrected chi connectivity index (χ1v) is 9.19. The molecule has 1 aliphatic rings. The molecule has 0 spiro atoms. The standard InChI is InChI=1S/C14H21BrN2O3S/c1-10(16)11-4-3-7-17(9-11)21(18,19)12-5-6-13(15)14(8-12)20-2/h5-6,8,10-11H,3-4,7,9,16H2,1-2H3/t10-,11-/m0/s1. The minimum absolute atomic E-state index is 0.00227. The van der Waals surface area contributed by atoms with E-state index >= 15 is 0 Å². The van der Waals surface area contributed by atoms with Crippen LogP contribution in [0.1, 0.15) is 19.8 Å². The van der Waals surface area contributed by atoms with Gasteiger partial charge in [0.15, 0.2) is 0 Å². The normalized spacial score (nSPS) is 22.0. The highest BCUT2D eigenvalue weighted by Crippen LogP contribution is 2.30. The van der Waals surface area contributed by atoms with Crippen molar-refractivity contribution in [1.82, 2.24) is 4.31 Å². The van der Waals surface area contributed by atoms with Crippen molar-refractivity contribution in [2.75, 3.05) is 20.2 Å². The van der Waals surface area contributed by atoms with Crippen LogP contribution in [-0.4, -0.2) is 39.0 Å². The Morgan fingerprint density at radius 3 is 2.81 bits per heavy atom. The third kappa shape index (κ3) is 3.59. The van der Waals surface area contributed by atoms with Gasteiger partial charge in [-0.1, -0.05) is 0 Å². The van der Waals surface area contributed by atoms with E-state index in [2.05, 4.69) is 15.9 Å². The van der Waals surface area contributed by atoms with Crippen molar-refractivity contribution in [3.63, 3.8) is 0 Å². The second kappa shape index (κ2) is 6.64. The lowest BCUT2D eigenvalue weighted by Gasteiger charge is -2.33. The third-order valence-electron chi connectivity index (χ3n) is 3.92. The SMILES string of the molecule is COc1cc(S(=O)(=O)N2CCC[C@H]([C@H](C)N)C2)ccc1Br.